The van der Waals surface area contributed by atoms with Gasteiger partial charge in [0, 0.05) is 17.0 Å². The van der Waals surface area contributed by atoms with Crippen LogP contribution < -0.4 is 0 Å². The van der Waals surface area contributed by atoms with E-state index < -0.39 is 24.4 Å². The lowest BCUT2D eigenvalue weighted by Crippen LogP contribution is -2.12. The number of carbonyl (C=O) groups is 1. The molecule has 3 rings (SSSR count). The average molecular weight is 427 g/mol. The van der Waals surface area contributed by atoms with Crippen molar-refractivity contribution in [3.05, 3.63) is 76.4 Å². The van der Waals surface area contributed by atoms with Crippen LogP contribution in [0.15, 0.2) is 64.5 Å². The molecule has 0 aliphatic rings. The van der Waals surface area contributed by atoms with E-state index in [0.29, 0.717) is 5.02 Å². The van der Waals surface area contributed by atoms with Crippen molar-refractivity contribution in [1.29, 1.82) is 0 Å². The Balaban J connectivity index is 1.89. The smallest absolute Gasteiger partial charge is 0.435 e. The zero-order valence-electron chi connectivity index (χ0n) is 14.5. The second kappa shape index (κ2) is 8.28. The fraction of sp³-hybridized carbons (Fsp3) is 0.158. The van der Waals surface area contributed by atoms with Crippen LogP contribution in [-0.2, 0) is 24.6 Å². The molecule has 0 bridgehead atoms. The van der Waals surface area contributed by atoms with Gasteiger partial charge < -0.3 is 4.74 Å². The minimum atomic E-state index is -4.67. The number of benzene rings is 2. The Morgan fingerprint density at radius 2 is 1.79 bits per heavy atom. The summed E-state index contributed by atoms with van der Waals surface area (Å²) in [7, 11) is 1.42. The number of nitrogens with zero attached hydrogens (tertiary/aromatic N) is 2. The first kappa shape index (κ1) is 20.3. The first-order valence-corrected chi connectivity index (χ1v) is 9.24. The van der Waals surface area contributed by atoms with Crippen LogP contribution in [0.2, 0.25) is 5.02 Å². The van der Waals surface area contributed by atoms with E-state index in [4.69, 9.17) is 16.3 Å². The molecule has 0 amide bonds. The summed E-state index contributed by atoms with van der Waals surface area (Å²) in [5.74, 6) is -0.746. The highest BCUT2D eigenvalue weighted by molar-refractivity contribution is 7.99. The maximum Gasteiger partial charge on any atom is 0.435 e. The van der Waals surface area contributed by atoms with E-state index in [1.807, 2.05) is 6.07 Å². The van der Waals surface area contributed by atoms with Gasteiger partial charge in [-0.05, 0) is 36.4 Å². The standard InChI is InChI=1S/C19H14ClF3N2O2S/c1-25-17(28-14-5-3-2-4-6-14)15(16(24-25)19(21,22)23)11-27-18(26)12-7-9-13(20)10-8-12/h2-10H,11H2,1H3. The predicted molar refractivity (Wildman–Crippen MR) is 99.3 cm³/mol. The molecule has 2 aromatic carbocycles. The van der Waals surface area contributed by atoms with Crippen LogP contribution in [0.4, 0.5) is 13.2 Å². The molecule has 28 heavy (non-hydrogen) atoms. The second-order valence-corrected chi connectivity index (χ2v) is 7.25. The van der Waals surface area contributed by atoms with Crippen LogP contribution in [0, 0.1) is 0 Å². The fourth-order valence-corrected chi connectivity index (χ4v) is 3.54. The molecule has 0 atom stereocenters. The Labute approximate surface area is 168 Å². The van der Waals surface area contributed by atoms with E-state index in [1.54, 1.807) is 24.3 Å². The highest BCUT2D eigenvalue weighted by Gasteiger charge is 2.39. The van der Waals surface area contributed by atoms with Crippen molar-refractivity contribution >= 4 is 29.3 Å². The number of alkyl halides is 3. The van der Waals surface area contributed by atoms with Crippen LogP contribution in [0.3, 0.4) is 0 Å². The van der Waals surface area contributed by atoms with Crippen LogP contribution >= 0.6 is 23.4 Å². The van der Waals surface area contributed by atoms with E-state index in [-0.39, 0.29) is 16.2 Å². The van der Waals surface area contributed by atoms with Gasteiger partial charge in [-0.2, -0.15) is 18.3 Å². The summed E-state index contributed by atoms with van der Waals surface area (Å²) in [6.45, 7) is -0.556. The van der Waals surface area contributed by atoms with Gasteiger partial charge in [-0.1, -0.05) is 41.6 Å². The molecule has 0 saturated heterocycles. The Morgan fingerprint density at radius 3 is 2.39 bits per heavy atom. The van der Waals surface area contributed by atoms with Crippen molar-refractivity contribution in [2.75, 3.05) is 0 Å². The largest absolute Gasteiger partial charge is 0.457 e. The number of esters is 1. The number of aryl methyl sites for hydroxylation is 1. The highest BCUT2D eigenvalue weighted by atomic mass is 35.5. The number of carbonyl (C=O) groups excluding carboxylic acids is 1. The van der Waals surface area contributed by atoms with Crippen LogP contribution in [0.5, 0.6) is 0 Å². The van der Waals surface area contributed by atoms with Gasteiger partial charge in [0.1, 0.15) is 11.6 Å². The van der Waals surface area contributed by atoms with Gasteiger partial charge in [-0.15, -0.1) is 0 Å². The van der Waals surface area contributed by atoms with Crippen molar-refractivity contribution in [3.8, 4) is 0 Å². The summed E-state index contributed by atoms with van der Waals surface area (Å²) in [4.78, 5) is 12.9. The van der Waals surface area contributed by atoms with Gasteiger partial charge in [-0.3, -0.25) is 4.68 Å². The van der Waals surface area contributed by atoms with Crippen molar-refractivity contribution in [2.24, 2.45) is 7.05 Å². The number of ether oxygens (including phenoxy) is 1. The van der Waals surface area contributed by atoms with Crippen molar-refractivity contribution in [1.82, 2.24) is 9.78 Å². The monoisotopic (exact) mass is 426 g/mol. The minimum Gasteiger partial charge on any atom is -0.457 e. The summed E-state index contributed by atoms with van der Waals surface area (Å²) in [6.07, 6.45) is -4.67. The van der Waals surface area contributed by atoms with E-state index in [0.717, 1.165) is 21.3 Å². The molecule has 4 nitrogen and oxygen atoms in total. The molecular weight excluding hydrogens is 413 g/mol. The first-order valence-electron chi connectivity index (χ1n) is 8.04. The summed E-state index contributed by atoms with van der Waals surface area (Å²) < 4.78 is 46.6. The van der Waals surface area contributed by atoms with Crippen molar-refractivity contribution < 1.29 is 22.7 Å². The van der Waals surface area contributed by atoms with E-state index in [1.165, 1.54) is 31.3 Å². The van der Waals surface area contributed by atoms with Crippen LogP contribution in [-0.4, -0.2) is 15.7 Å². The molecule has 0 aliphatic carbocycles. The molecule has 1 aromatic heterocycles. The predicted octanol–water partition coefficient (Wildman–Crippen LogP) is 5.60. The third-order valence-electron chi connectivity index (χ3n) is 3.74. The quantitative estimate of drug-likeness (QED) is 0.498. The summed E-state index contributed by atoms with van der Waals surface area (Å²) in [5, 5.41) is 4.29. The maximum atomic E-state index is 13.4. The zero-order chi connectivity index (χ0) is 20.3. The van der Waals surface area contributed by atoms with Gasteiger partial charge >= 0.3 is 12.1 Å². The SMILES string of the molecule is Cn1nc(C(F)(F)F)c(COC(=O)c2ccc(Cl)cc2)c1Sc1ccccc1. The average Bonchev–Trinajstić information content (AvgIpc) is 2.97. The first-order chi connectivity index (χ1) is 13.3. The van der Waals surface area contributed by atoms with Crippen molar-refractivity contribution in [2.45, 2.75) is 22.7 Å². The Hall–Kier alpha value is -2.45. The molecule has 0 unspecified atom stereocenters. The number of aromatic nitrogens is 2. The van der Waals surface area contributed by atoms with E-state index in [9.17, 15) is 18.0 Å². The van der Waals surface area contributed by atoms with Gasteiger partial charge in [0.2, 0.25) is 0 Å². The number of hydrogen-bond donors (Lipinski definition) is 0. The lowest BCUT2D eigenvalue weighted by atomic mass is 10.2. The molecule has 0 fully saturated rings. The summed E-state index contributed by atoms with van der Waals surface area (Å²) >= 11 is 6.89. The number of rotatable bonds is 5. The Morgan fingerprint density at radius 1 is 1.14 bits per heavy atom. The van der Waals surface area contributed by atoms with Gasteiger partial charge in [0.05, 0.1) is 11.1 Å². The Bertz CT molecular complexity index is 973. The maximum absolute atomic E-state index is 13.4. The number of hydrogen-bond acceptors (Lipinski definition) is 4. The van der Waals surface area contributed by atoms with Crippen molar-refractivity contribution in [3.63, 3.8) is 0 Å². The summed E-state index contributed by atoms with van der Waals surface area (Å²) in [6, 6.07) is 14.8. The minimum absolute atomic E-state index is 0.189. The molecule has 0 spiro atoms. The van der Waals surface area contributed by atoms with E-state index >= 15 is 0 Å². The van der Waals surface area contributed by atoms with Gasteiger partial charge in [0.15, 0.2) is 5.69 Å². The lowest BCUT2D eigenvalue weighted by molar-refractivity contribution is -0.142. The van der Waals surface area contributed by atoms with Gasteiger partial charge in [0.25, 0.3) is 0 Å². The molecule has 1 heterocycles. The van der Waals surface area contributed by atoms with Crippen LogP contribution in [0.1, 0.15) is 21.6 Å². The van der Waals surface area contributed by atoms with E-state index in [2.05, 4.69) is 5.10 Å². The second-order valence-electron chi connectivity index (χ2n) is 5.75. The normalized spacial score (nSPS) is 11.5. The molecular formula is C19H14ClF3N2O2S. The molecule has 0 aliphatic heterocycles. The highest BCUT2D eigenvalue weighted by Crippen LogP contribution is 2.38. The Kier molecular flexibility index (Phi) is 6.00. The molecule has 146 valence electrons. The fourth-order valence-electron chi connectivity index (χ4n) is 2.45. The molecule has 0 N–H and O–H groups in total. The molecule has 0 radical (unpaired) electrons. The third-order valence-corrected chi connectivity index (χ3v) is 5.21. The molecule has 9 heteroatoms. The zero-order valence-corrected chi connectivity index (χ0v) is 16.1. The van der Waals surface area contributed by atoms with Crippen LogP contribution in [0.25, 0.3) is 0 Å². The third kappa shape index (κ3) is 4.69. The van der Waals surface area contributed by atoms with Gasteiger partial charge in [-0.25, -0.2) is 4.79 Å². The number of halogens is 4. The lowest BCUT2D eigenvalue weighted by Gasteiger charge is -2.10. The topological polar surface area (TPSA) is 44.1 Å². The molecule has 0 saturated carbocycles. The molecule has 3 aromatic rings. The summed E-state index contributed by atoms with van der Waals surface area (Å²) in [5.41, 5.74) is -1.07.